The monoisotopic (exact) mass is 323 g/mol. The van der Waals surface area contributed by atoms with Crippen molar-refractivity contribution in [1.29, 1.82) is 0 Å². The zero-order valence-electron chi connectivity index (χ0n) is 13.0. The molecule has 1 heterocycles. The Morgan fingerprint density at radius 2 is 1.71 bits per heavy atom. The van der Waals surface area contributed by atoms with Crippen molar-refractivity contribution < 1.29 is 19.4 Å². The number of benzene rings is 2. The number of aromatic nitrogens is 1. The second kappa shape index (κ2) is 7.00. The molecule has 2 aromatic carbocycles. The normalized spacial score (nSPS) is 10.7. The third kappa shape index (κ3) is 3.46. The molecule has 122 valence electrons. The predicted octanol–water partition coefficient (Wildman–Crippen LogP) is 3.84. The molecule has 1 N–H and O–H groups in total. The van der Waals surface area contributed by atoms with Crippen LogP contribution in [0.15, 0.2) is 60.8 Å². The van der Waals surface area contributed by atoms with E-state index in [1.54, 1.807) is 12.1 Å². The lowest BCUT2D eigenvalue weighted by Crippen LogP contribution is -2.07. The van der Waals surface area contributed by atoms with Gasteiger partial charge in [0.1, 0.15) is 6.61 Å². The number of rotatable bonds is 5. The first-order valence-electron chi connectivity index (χ1n) is 7.67. The Balaban J connectivity index is 1.65. The number of carbonyl (C=O) groups excluding carboxylic acids is 1. The Morgan fingerprint density at radius 1 is 1.00 bits per heavy atom. The molecule has 0 aliphatic heterocycles. The van der Waals surface area contributed by atoms with Crippen LogP contribution in [-0.2, 0) is 22.6 Å². The van der Waals surface area contributed by atoms with Gasteiger partial charge in [0.25, 0.3) is 0 Å². The number of carboxylic acid groups (broad SMARTS) is 1. The van der Waals surface area contributed by atoms with Crippen LogP contribution in [0.3, 0.4) is 0 Å². The van der Waals surface area contributed by atoms with Gasteiger partial charge >= 0.3 is 12.1 Å². The lowest BCUT2D eigenvalue weighted by Gasteiger charge is -2.04. The standard InChI is InChI=1S/C19H17NO4/c21-18(11-10-14-6-2-1-3-7-14)24-13-15-12-20(19(22)23)17-9-5-4-8-16(15)17/h1-9,12H,10-11,13H2,(H,22,23). The van der Waals surface area contributed by atoms with Crippen molar-refractivity contribution in [2.75, 3.05) is 0 Å². The fraction of sp³-hybridized carbons (Fsp3) is 0.158. The summed E-state index contributed by atoms with van der Waals surface area (Å²) in [5, 5.41) is 10.0. The van der Waals surface area contributed by atoms with Gasteiger partial charge < -0.3 is 9.84 Å². The molecule has 0 saturated heterocycles. The summed E-state index contributed by atoms with van der Waals surface area (Å²) < 4.78 is 6.45. The summed E-state index contributed by atoms with van der Waals surface area (Å²) in [6.45, 7) is 0.0639. The van der Waals surface area contributed by atoms with Gasteiger partial charge in [0, 0.05) is 23.6 Å². The number of ether oxygens (including phenoxy) is 1. The second-order valence-electron chi connectivity index (χ2n) is 5.47. The van der Waals surface area contributed by atoms with Crippen molar-refractivity contribution in [3.63, 3.8) is 0 Å². The molecular weight excluding hydrogens is 306 g/mol. The summed E-state index contributed by atoms with van der Waals surface area (Å²) in [6.07, 6.45) is 1.35. The minimum atomic E-state index is -1.06. The predicted molar refractivity (Wildman–Crippen MR) is 89.9 cm³/mol. The Morgan fingerprint density at radius 3 is 2.46 bits per heavy atom. The smallest absolute Gasteiger partial charge is 0.416 e. The van der Waals surface area contributed by atoms with E-state index in [4.69, 9.17) is 4.74 Å². The van der Waals surface area contributed by atoms with Crippen LogP contribution in [0, 0.1) is 0 Å². The van der Waals surface area contributed by atoms with Gasteiger partial charge in [-0.3, -0.25) is 9.36 Å². The number of fused-ring (bicyclic) bond motifs is 1. The van der Waals surface area contributed by atoms with Crippen LogP contribution in [0.4, 0.5) is 4.79 Å². The molecule has 0 unspecified atom stereocenters. The molecule has 0 spiro atoms. The summed E-state index contributed by atoms with van der Waals surface area (Å²) in [5.74, 6) is -0.300. The zero-order valence-corrected chi connectivity index (χ0v) is 13.0. The Labute approximate surface area is 139 Å². The summed E-state index contributed by atoms with van der Waals surface area (Å²) in [6, 6.07) is 16.9. The van der Waals surface area contributed by atoms with Gasteiger partial charge in [0.05, 0.1) is 5.52 Å². The molecule has 0 saturated carbocycles. The van der Waals surface area contributed by atoms with Crippen LogP contribution in [0.5, 0.6) is 0 Å². The molecule has 0 aliphatic carbocycles. The fourth-order valence-corrected chi connectivity index (χ4v) is 2.64. The number of hydrogen-bond donors (Lipinski definition) is 1. The molecule has 3 aromatic rings. The van der Waals surface area contributed by atoms with E-state index in [2.05, 4.69) is 0 Å². The SMILES string of the molecule is O=C(CCc1ccccc1)OCc1cn(C(=O)O)c2ccccc12. The first-order valence-corrected chi connectivity index (χ1v) is 7.67. The fourth-order valence-electron chi connectivity index (χ4n) is 2.64. The van der Waals surface area contributed by atoms with E-state index in [1.165, 1.54) is 6.20 Å². The van der Waals surface area contributed by atoms with Crippen LogP contribution >= 0.6 is 0 Å². The third-order valence-electron chi connectivity index (χ3n) is 3.85. The maximum absolute atomic E-state index is 11.9. The van der Waals surface area contributed by atoms with Gasteiger partial charge in [-0.15, -0.1) is 0 Å². The van der Waals surface area contributed by atoms with E-state index in [9.17, 15) is 14.7 Å². The highest BCUT2D eigenvalue weighted by Crippen LogP contribution is 2.22. The van der Waals surface area contributed by atoms with Crippen molar-refractivity contribution in [1.82, 2.24) is 4.57 Å². The molecule has 0 fully saturated rings. The second-order valence-corrected chi connectivity index (χ2v) is 5.47. The maximum Gasteiger partial charge on any atom is 0.416 e. The highest BCUT2D eigenvalue weighted by molar-refractivity contribution is 5.91. The topological polar surface area (TPSA) is 68.5 Å². The summed E-state index contributed by atoms with van der Waals surface area (Å²) in [4.78, 5) is 23.2. The van der Waals surface area contributed by atoms with Crippen molar-refractivity contribution in [2.45, 2.75) is 19.4 Å². The molecule has 5 nitrogen and oxygen atoms in total. The minimum Gasteiger partial charge on any atom is -0.464 e. The molecule has 24 heavy (non-hydrogen) atoms. The van der Waals surface area contributed by atoms with Gasteiger partial charge in [-0.1, -0.05) is 48.5 Å². The van der Waals surface area contributed by atoms with Gasteiger partial charge in [0.2, 0.25) is 0 Å². The van der Waals surface area contributed by atoms with Crippen LogP contribution in [-0.4, -0.2) is 21.7 Å². The van der Waals surface area contributed by atoms with E-state index in [-0.39, 0.29) is 12.6 Å². The van der Waals surface area contributed by atoms with Crippen LogP contribution in [0.25, 0.3) is 10.9 Å². The number of nitrogens with zero attached hydrogens (tertiary/aromatic N) is 1. The number of para-hydroxylation sites is 1. The molecule has 0 amide bonds. The van der Waals surface area contributed by atoms with Crippen molar-refractivity contribution in [3.8, 4) is 0 Å². The summed E-state index contributed by atoms with van der Waals surface area (Å²) in [5.41, 5.74) is 2.35. The lowest BCUT2D eigenvalue weighted by molar-refractivity contribution is -0.144. The van der Waals surface area contributed by atoms with Crippen LogP contribution in [0.2, 0.25) is 0 Å². The van der Waals surface area contributed by atoms with Gasteiger partial charge in [-0.2, -0.15) is 0 Å². The minimum absolute atomic E-state index is 0.0639. The average molecular weight is 323 g/mol. The van der Waals surface area contributed by atoms with Crippen molar-refractivity contribution in [3.05, 3.63) is 71.9 Å². The largest absolute Gasteiger partial charge is 0.464 e. The Bertz CT molecular complexity index is 867. The molecule has 0 radical (unpaired) electrons. The van der Waals surface area contributed by atoms with Gasteiger partial charge in [0.15, 0.2) is 0 Å². The Kier molecular flexibility index (Phi) is 4.61. The van der Waals surface area contributed by atoms with Gasteiger partial charge in [-0.05, 0) is 18.1 Å². The highest BCUT2D eigenvalue weighted by Gasteiger charge is 2.13. The number of hydrogen-bond acceptors (Lipinski definition) is 3. The van der Waals surface area contributed by atoms with Gasteiger partial charge in [-0.25, -0.2) is 4.79 Å². The average Bonchev–Trinajstić information content (AvgIpc) is 2.98. The molecule has 0 bridgehead atoms. The van der Waals surface area contributed by atoms with E-state index >= 15 is 0 Å². The number of aryl methyl sites for hydroxylation is 1. The Hall–Kier alpha value is -3.08. The van der Waals surface area contributed by atoms with E-state index < -0.39 is 6.09 Å². The van der Waals surface area contributed by atoms with Crippen molar-refractivity contribution >= 4 is 23.0 Å². The van der Waals surface area contributed by atoms with E-state index in [1.807, 2.05) is 42.5 Å². The summed E-state index contributed by atoms with van der Waals surface area (Å²) >= 11 is 0. The summed E-state index contributed by atoms with van der Waals surface area (Å²) in [7, 11) is 0. The molecule has 0 atom stereocenters. The number of carbonyl (C=O) groups is 2. The number of esters is 1. The first kappa shape index (κ1) is 15.8. The van der Waals surface area contributed by atoms with E-state index in [0.717, 1.165) is 15.5 Å². The van der Waals surface area contributed by atoms with E-state index in [0.29, 0.717) is 23.9 Å². The van der Waals surface area contributed by atoms with Crippen LogP contribution < -0.4 is 0 Å². The maximum atomic E-state index is 11.9. The lowest BCUT2D eigenvalue weighted by atomic mass is 10.1. The first-order chi connectivity index (χ1) is 11.6. The third-order valence-corrected chi connectivity index (χ3v) is 3.85. The molecule has 3 rings (SSSR count). The van der Waals surface area contributed by atoms with Crippen molar-refractivity contribution in [2.24, 2.45) is 0 Å². The van der Waals surface area contributed by atoms with Crippen LogP contribution in [0.1, 0.15) is 17.5 Å². The molecule has 1 aromatic heterocycles. The molecular formula is C19H17NO4. The zero-order chi connectivity index (χ0) is 16.9. The molecule has 5 heteroatoms. The molecule has 0 aliphatic rings. The quantitative estimate of drug-likeness (QED) is 0.724. The highest BCUT2D eigenvalue weighted by atomic mass is 16.5.